The molecule has 0 heterocycles. The van der Waals surface area contributed by atoms with Crippen molar-refractivity contribution in [3.8, 4) is 5.75 Å². The topological polar surface area (TPSA) is 137 Å². The first-order valence-corrected chi connectivity index (χ1v) is 11.5. The summed E-state index contributed by atoms with van der Waals surface area (Å²) < 4.78 is 10.6. The van der Waals surface area contributed by atoms with Gasteiger partial charge in [-0.25, -0.2) is 4.79 Å². The lowest BCUT2D eigenvalue weighted by Crippen LogP contribution is -2.43. The minimum Gasteiger partial charge on any atom is -0.492 e. The fourth-order valence-corrected chi connectivity index (χ4v) is 3.23. The molecule has 0 aliphatic heterocycles. The van der Waals surface area contributed by atoms with Gasteiger partial charge in [0.05, 0.1) is 17.2 Å². The van der Waals surface area contributed by atoms with Gasteiger partial charge in [0.1, 0.15) is 11.8 Å². The zero-order valence-corrected chi connectivity index (χ0v) is 19.1. The van der Waals surface area contributed by atoms with E-state index in [0.29, 0.717) is 23.8 Å². The minimum atomic E-state index is -1.02. The van der Waals surface area contributed by atoms with Crippen LogP contribution in [-0.2, 0) is 14.3 Å². The summed E-state index contributed by atoms with van der Waals surface area (Å²) in [7, 11) is 0. The van der Waals surface area contributed by atoms with E-state index < -0.39 is 35.4 Å². The first kappa shape index (κ1) is 25.7. The summed E-state index contributed by atoms with van der Waals surface area (Å²) in [5.74, 6) is -0.970. The SMILES string of the molecule is CCOc1ccccc1NC(=O)COC(=O)C(CCSC)NC(=O)c1cccc([N+](=O)[O-])c1. The first-order valence-electron chi connectivity index (χ1n) is 10.1. The van der Waals surface area contributed by atoms with E-state index in [-0.39, 0.29) is 17.7 Å². The van der Waals surface area contributed by atoms with Crippen molar-refractivity contribution >= 4 is 40.9 Å². The average Bonchev–Trinajstić information content (AvgIpc) is 2.81. The lowest BCUT2D eigenvalue weighted by atomic mass is 10.1. The lowest BCUT2D eigenvalue weighted by molar-refractivity contribution is -0.384. The molecule has 0 saturated heterocycles. The molecule has 1 atom stereocenters. The fraction of sp³-hybridized carbons (Fsp3) is 0.318. The zero-order valence-electron chi connectivity index (χ0n) is 18.2. The third kappa shape index (κ3) is 8.11. The number of nitrogens with one attached hydrogen (secondary N) is 2. The van der Waals surface area contributed by atoms with Crippen molar-refractivity contribution in [2.45, 2.75) is 19.4 Å². The Labute approximate surface area is 195 Å². The van der Waals surface area contributed by atoms with Crippen molar-refractivity contribution in [1.29, 1.82) is 0 Å². The second kappa shape index (κ2) is 13.1. The number of hydrogen-bond acceptors (Lipinski definition) is 8. The Bertz CT molecular complexity index is 999. The largest absolute Gasteiger partial charge is 0.492 e. The van der Waals surface area contributed by atoms with Gasteiger partial charge in [0.25, 0.3) is 17.5 Å². The van der Waals surface area contributed by atoms with Crippen molar-refractivity contribution < 1.29 is 28.8 Å². The Morgan fingerprint density at radius 3 is 2.61 bits per heavy atom. The summed E-state index contributed by atoms with van der Waals surface area (Å²) in [6, 6.07) is 11.0. The van der Waals surface area contributed by atoms with Crippen LogP contribution in [0.5, 0.6) is 5.75 Å². The van der Waals surface area contributed by atoms with Crippen molar-refractivity contribution in [2.24, 2.45) is 0 Å². The number of nitro benzene ring substituents is 1. The second-order valence-corrected chi connectivity index (χ2v) is 7.69. The van der Waals surface area contributed by atoms with Gasteiger partial charge in [0.2, 0.25) is 0 Å². The van der Waals surface area contributed by atoms with Crippen LogP contribution in [0.4, 0.5) is 11.4 Å². The molecule has 2 N–H and O–H groups in total. The number of benzene rings is 2. The standard InChI is InChI=1S/C22H25N3O7S/c1-3-31-19-10-5-4-9-17(19)23-20(26)14-32-22(28)18(11-12-33-2)24-21(27)15-7-6-8-16(13-15)25(29)30/h4-10,13,18H,3,11-12,14H2,1-2H3,(H,23,26)(H,24,27). The number of para-hydroxylation sites is 2. The van der Waals surface area contributed by atoms with Crippen LogP contribution in [0.2, 0.25) is 0 Å². The summed E-state index contributed by atoms with van der Waals surface area (Å²) >= 11 is 1.47. The fourth-order valence-electron chi connectivity index (χ4n) is 2.76. The molecule has 0 aliphatic carbocycles. The summed E-state index contributed by atoms with van der Waals surface area (Å²) in [5, 5.41) is 16.1. The maximum Gasteiger partial charge on any atom is 0.329 e. The first-order chi connectivity index (χ1) is 15.8. The number of hydrogen-bond donors (Lipinski definition) is 2. The maximum absolute atomic E-state index is 12.6. The Balaban J connectivity index is 1.99. The average molecular weight is 476 g/mol. The lowest BCUT2D eigenvalue weighted by Gasteiger charge is -2.17. The monoisotopic (exact) mass is 475 g/mol. The molecule has 10 nitrogen and oxygen atoms in total. The Kier molecular flexibility index (Phi) is 10.2. The van der Waals surface area contributed by atoms with E-state index in [9.17, 15) is 24.5 Å². The van der Waals surface area contributed by atoms with E-state index in [0.717, 1.165) is 6.07 Å². The molecule has 2 rings (SSSR count). The highest BCUT2D eigenvalue weighted by Crippen LogP contribution is 2.23. The maximum atomic E-state index is 12.6. The summed E-state index contributed by atoms with van der Waals surface area (Å²) in [5.41, 5.74) is 0.240. The molecule has 0 saturated carbocycles. The van der Waals surface area contributed by atoms with Gasteiger partial charge >= 0.3 is 5.97 Å². The van der Waals surface area contributed by atoms with Crippen LogP contribution in [0, 0.1) is 10.1 Å². The molecular formula is C22H25N3O7S. The van der Waals surface area contributed by atoms with Gasteiger partial charge in [-0.3, -0.25) is 19.7 Å². The van der Waals surface area contributed by atoms with Crippen LogP contribution in [0.25, 0.3) is 0 Å². The molecule has 2 aromatic carbocycles. The van der Waals surface area contributed by atoms with Gasteiger partial charge in [0.15, 0.2) is 6.61 Å². The highest BCUT2D eigenvalue weighted by molar-refractivity contribution is 7.98. The van der Waals surface area contributed by atoms with E-state index in [1.165, 1.54) is 30.0 Å². The number of esters is 1. The van der Waals surface area contributed by atoms with Crippen molar-refractivity contribution in [3.05, 3.63) is 64.2 Å². The smallest absolute Gasteiger partial charge is 0.329 e. The number of anilines is 1. The van der Waals surface area contributed by atoms with E-state index >= 15 is 0 Å². The number of non-ortho nitro benzene ring substituents is 1. The molecule has 11 heteroatoms. The van der Waals surface area contributed by atoms with Crippen LogP contribution < -0.4 is 15.4 Å². The van der Waals surface area contributed by atoms with Gasteiger partial charge in [-0.2, -0.15) is 11.8 Å². The van der Waals surface area contributed by atoms with Gasteiger partial charge < -0.3 is 20.1 Å². The second-order valence-electron chi connectivity index (χ2n) is 6.70. The normalized spacial score (nSPS) is 11.2. The van der Waals surface area contributed by atoms with E-state index in [1.54, 1.807) is 24.3 Å². The summed E-state index contributed by atoms with van der Waals surface area (Å²) in [6.07, 6.45) is 2.10. The molecule has 0 aromatic heterocycles. The molecule has 2 aromatic rings. The van der Waals surface area contributed by atoms with Crippen LogP contribution in [0.15, 0.2) is 48.5 Å². The number of carbonyl (C=O) groups is 3. The number of nitrogens with zero attached hydrogens (tertiary/aromatic N) is 1. The molecule has 0 spiro atoms. The van der Waals surface area contributed by atoms with Crippen LogP contribution in [-0.4, -0.2) is 54.0 Å². The quantitative estimate of drug-likeness (QED) is 0.271. The number of thioether (sulfide) groups is 1. The number of ether oxygens (including phenoxy) is 2. The molecule has 2 amide bonds. The molecule has 0 aliphatic rings. The highest BCUT2D eigenvalue weighted by Gasteiger charge is 2.24. The molecule has 176 valence electrons. The number of amides is 2. The zero-order chi connectivity index (χ0) is 24.2. The Morgan fingerprint density at radius 2 is 1.91 bits per heavy atom. The molecule has 1 unspecified atom stereocenters. The third-order valence-corrected chi connectivity index (χ3v) is 4.97. The molecule has 0 fully saturated rings. The van der Waals surface area contributed by atoms with Crippen molar-refractivity contribution in [1.82, 2.24) is 5.32 Å². The number of rotatable bonds is 12. The van der Waals surface area contributed by atoms with Gasteiger partial charge in [0, 0.05) is 17.7 Å². The number of carbonyl (C=O) groups excluding carboxylic acids is 3. The molecular weight excluding hydrogens is 450 g/mol. The molecule has 33 heavy (non-hydrogen) atoms. The molecule has 0 bridgehead atoms. The van der Waals surface area contributed by atoms with E-state index in [1.807, 2.05) is 13.2 Å². The van der Waals surface area contributed by atoms with Crippen LogP contribution in [0.1, 0.15) is 23.7 Å². The van der Waals surface area contributed by atoms with E-state index in [4.69, 9.17) is 9.47 Å². The van der Waals surface area contributed by atoms with Gasteiger partial charge in [-0.15, -0.1) is 0 Å². The Hall–Kier alpha value is -3.60. The molecule has 0 radical (unpaired) electrons. The summed E-state index contributed by atoms with van der Waals surface area (Å²) in [4.78, 5) is 47.7. The third-order valence-electron chi connectivity index (χ3n) is 4.33. The minimum absolute atomic E-state index is 0.0384. The van der Waals surface area contributed by atoms with Gasteiger partial charge in [-0.05, 0) is 43.6 Å². The number of nitro groups is 1. The summed E-state index contributed by atoms with van der Waals surface area (Å²) in [6.45, 7) is 1.68. The van der Waals surface area contributed by atoms with Crippen molar-refractivity contribution in [3.63, 3.8) is 0 Å². The van der Waals surface area contributed by atoms with Crippen LogP contribution in [0.3, 0.4) is 0 Å². The van der Waals surface area contributed by atoms with E-state index in [2.05, 4.69) is 10.6 Å². The predicted molar refractivity (Wildman–Crippen MR) is 125 cm³/mol. The Morgan fingerprint density at radius 1 is 1.15 bits per heavy atom. The predicted octanol–water partition coefficient (Wildman–Crippen LogP) is 3.03. The highest BCUT2D eigenvalue weighted by atomic mass is 32.2. The van der Waals surface area contributed by atoms with Crippen molar-refractivity contribution in [2.75, 3.05) is 30.5 Å². The van der Waals surface area contributed by atoms with Crippen LogP contribution >= 0.6 is 11.8 Å². The van der Waals surface area contributed by atoms with Gasteiger partial charge in [-0.1, -0.05) is 18.2 Å².